The van der Waals surface area contributed by atoms with Gasteiger partial charge in [-0.1, -0.05) is 47.7 Å². The molecule has 9 heteroatoms. The van der Waals surface area contributed by atoms with E-state index in [9.17, 15) is 18.0 Å². The molecular weight excluding hydrogens is 410 g/mol. The molecule has 2 amide bonds. The fourth-order valence-corrected chi connectivity index (χ4v) is 5.21. The van der Waals surface area contributed by atoms with Gasteiger partial charge in [-0.3, -0.25) is 14.5 Å². The van der Waals surface area contributed by atoms with Gasteiger partial charge in [0.25, 0.3) is 10.0 Å². The number of nitrogens with zero attached hydrogens (tertiary/aromatic N) is 2. The van der Waals surface area contributed by atoms with Crippen LogP contribution >= 0.6 is 11.8 Å². The number of carbonyl (C=O) groups is 2. The molecule has 2 aromatic rings. The van der Waals surface area contributed by atoms with Crippen LogP contribution in [0, 0.1) is 6.92 Å². The standard InChI is InChI=1S/C20H21N3O4S2/c1-3-23-19(25)17(13-18(24)21-15-11-9-14(2)10-12-15)28-20(23)22-29(26,27)16-7-5-4-6-8-16/h4-12,17H,3,13H2,1-2H3,(H,21,24)/b22-20+. The molecule has 2 aromatic carbocycles. The third-order valence-electron chi connectivity index (χ3n) is 4.28. The van der Waals surface area contributed by atoms with Gasteiger partial charge < -0.3 is 5.32 Å². The van der Waals surface area contributed by atoms with E-state index in [-0.39, 0.29) is 34.8 Å². The Kier molecular flexibility index (Phi) is 6.39. The molecule has 0 saturated carbocycles. The highest BCUT2D eigenvalue weighted by Crippen LogP contribution is 2.31. The molecule has 0 aliphatic carbocycles. The number of nitrogens with one attached hydrogen (secondary N) is 1. The lowest BCUT2D eigenvalue weighted by molar-refractivity contribution is -0.128. The monoisotopic (exact) mass is 431 g/mol. The summed E-state index contributed by atoms with van der Waals surface area (Å²) in [5, 5.41) is 2.13. The Bertz CT molecular complexity index is 1040. The lowest BCUT2D eigenvalue weighted by Crippen LogP contribution is -2.33. The summed E-state index contributed by atoms with van der Waals surface area (Å²) >= 11 is 1.00. The summed E-state index contributed by atoms with van der Waals surface area (Å²) in [6.45, 7) is 3.95. The Morgan fingerprint density at radius 1 is 1.14 bits per heavy atom. The number of benzene rings is 2. The van der Waals surface area contributed by atoms with Gasteiger partial charge in [-0.25, -0.2) is 0 Å². The van der Waals surface area contributed by atoms with E-state index in [1.54, 1.807) is 37.3 Å². The van der Waals surface area contributed by atoms with E-state index >= 15 is 0 Å². The van der Waals surface area contributed by atoms with E-state index in [0.717, 1.165) is 17.3 Å². The minimum Gasteiger partial charge on any atom is -0.326 e. The average Bonchev–Trinajstić information content (AvgIpc) is 2.97. The second-order valence-electron chi connectivity index (χ2n) is 6.47. The number of aryl methyl sites for hydroxylation is 1. The van der Waals surface area contributed by atoms with E-state index in [0.29, 0.717) is 5.69 Å². The number of anilines is 1. The van der Waals surface area contributed by atoms with Crippen molar-refractivity contribution in [3.63, 3.8) is 0 Å². The van der Waals surface area contributed by atoms with Gasteiger partial charge in [-0.2, -0.15) is 8.42 Å². The predicted octanol–water partition coefficient (Wildman–Crippen LogP) is 3.03. The SMILES string of the molecule is CCN1C(=O)C(CC(=O)Nc2ccc(C)cc2)S/C1=N/S(=O)(=O)c1ccccc1. The largest absolute Gasteiger partial charge is 0.326 e. The molecule has 3 rings (SSSR count). The molecule has 0 radical (unpaired) electrons. The van der Waals surface area contributed by atoms with Crippen molar-refractivity contribution < 1.29 is 18.0 Å². The van der Waals surface area contributed by atoms with Crippen LogP contribution < -0.4 is 5.32 Å². The lowest BCUT2D eigenvalue weighted by Gasteiger charge is -2.13. The summed E-state index contributed by atoms with van der Waals surface area (Å²) in [6.07, 6.45) is -0.0711. The molecule has 152 valence electrons. The number of rotatable bonds is 6. The van der Waals surface area contributed by atoms with Crippen molar-refractivity contribution in [2.24, 2.45) is 4.40 Å². The van der Waals surface area contributed by atoms with Gasteiger partial charge >= 0.3 is 0 Å². The van der Waals surface area contributed by atoms with Crippen LogP contribution in [0.1, 0.15) is 18.9 Å². The summed E-state index contributed by atoms with van der Waals surface area (Å²) in [6, 6.07) is 15.1. The third kappa shape index (κ3) is 5.04. The zero-order valence-electron chi connectivity index (χ0n) is 16.0. The highest BCUT2D eigenvalue weighted by Gasteiger charge is 2.39. The third-order valence-corrected chi connectivity index (χ3v) is 6.85. The quantitative estimate of drug-likeness (QED) is 0.758. The molecule has 1 atom stereocenters. The minimum atomic E-state index is -3.94. The molecule has 1 aliphatic rings. The zero-order chi connectivity index (χ0) is 21.0. The molecule has 29 heavy (non-hydrogen) atoms. The molecule has 1 fully saturated rings. The molecular formula is C20H21N3O4S2. The fraction of sp³-hybridized carbons (Fsp3) is 0.250. The Balaban J connectivity index is 1.74. The van der Waals surface area contributed by atoms with Gasteiger partial charge in [0.2, 0.25) is 11.8 Å². The molecule has 0 aromatic heterocycles. The van der Waals surface area contributed by atoms with E-state index in [4.69, 9.17) is 0 Å². The van der Waals surface area contributed by atoms with Crippen LogP contribution in [-0.2, 0) is 19.6 Å². The average molecular weight is 432 g/mol. The number of thioether (sulfide) groups is 1. The summed E-state index contributed by atoms with van der Waals surface area (Å²) < 4.78 is 28.9. The van der Waals surface area contributed by atoms with Crippen LogP contribution in [0.5, 0.6) is 0 Å². The minimum absolute atomic E-state index is 0.0529. The van der Waals surface area contributed by atoms with E-state index in [2.05, 4.69) is 9.71 Å². The Morgan fingerprint density at radius 3 is 2.41 bits per heavy atom. The molecule has 1 aliphatic heterocycles. The molecule has 1 unspecified atom stereocenters. The van der Waals surface area contributed by atoms with Crippen LogP contribution in [0.15, 0.2) is 63.9 Å². The van der Waals surface area contributed by atoms with Gasteiger partial charge in [-0.05, 0) is 38.1 Å². The van der Waals surface area contributed by atoms with Gasteiger partial charge in [0, 0.05) is 18.7 Å². The van der Waals surface area contributed by atoms with Crippen molar-refractivity contribution in [1.29, 1.82) is 0 Å². The second kappa shape index (κ2) is 8.79. The first-order chi connectivity index (χ1) is 13.8. The Morgan fingerprint density at radius 2 is 1.79 bits per heavy atom. The van der Waals surface area contributed by atoms with Crippen molar-refractivity contribution in [2.45, 2.75) is 30.4 Å². The topological polar surface area (TPSA) is 95.9 Å². The molecule has 1 N–H and O–H groups in total. The number of hydrogen-bond acceptors (Lipinski definition) is 5. The highest BCUT2D eigenvalue weighted by molar-refractivity contribution is 8.16. The van der Waals surface area contributed by atoms with Crippen LogP contribution in [0.2, 0.25) is 0 Å². The van der Waals surface area contributed by atoms with Crippen LogP contribution in [0.3, 0.4) is 0 Å². The highest BCUT2D eigenvalue weighted by atomic mass is 32.2. The van der Waals surface area contributed by atoms with Crippen LogP contribution in [0.4, 0.5) is 5.69 Å². The van der Waals surface area contributed by atoms with E-state index < -0.39 is 15.3 Å². The van der Waals surface area contributed by atoms with E-state index in [1.165, 1.54) is 17.0 Å². The number of carbonyl (C=O) groups excluding carboxylic acids is 2. The molecule has 0 bridgehead atoms. The number of amides is 2. The second-order valence-corrected chi connectivity index (χ2v) is 9.24. The first kappa shape index (κ1) is 21.1. The molecule has 0 spiro atoms. The lowest BCUT2D eigenvalue weighted by atomic mass is 10.2. The molecule has 7 nitrogen and oxygen atoms in total. The zero-order valence-corrected chi connectivity index (χ0v) is 17.7. The summed E-state index contributed by atoms with van der Waals surface area (Å²) in [5.74, 6) is -0.638. The van der Waals surface area contributed by atoms with E-state index in [1.807, 2.05) is 19.1 Å². The van der Waals surface area contributed by atoms with Crippen molar-refractivity contribution in [3.05, 3.63) is 60.2 Å². The van der Waals surface area contributed by atoms with Crippen molar-refractivity contribution >= 4 is 44.5 Å². The molecule has 1 saturated heterocycles. The van der Waals surface area contributed by atoms with Gasteiger partial charge in [0.05, 0.1) is 4.90 Å². The summed E-state index contributed by atoms with van der Waals surface area (Å²) in [4.78, 5) is 26.4. The fourth-order valence-electron chi connectivity index (χ4n) is 2.77. The summed E-state index contributed by atoms with van der Waals surface area (Å²) in [7, 11) is -3.94. The number of amidine groups is 1. The number of hydrogen-bond donors (Lipinski definition) is 1. The maximum absolute atomic E-state index is 12.7. The Labute approximate surface area is 174 Å². The first-order valence-corrected chi connectivity index (χ1v) is 11.4. The smallest absolute Gasteiger partial charge is 0.284 e. The van der Waals surface area contributed by atoms with Gasteiger partial charge in [-0.15, -0.1) is 4.40 Å². The predicted molar refractivity (Wildman–Crippen MR) is 114 cm³/mol. The molecule has 1 heterocycles. The number of sulfonamides is 1. The van der Waals surface area contributed by atoms with Crippen molar-refractivity contribution in [3.8, 4) is 0 Å². The van der Waals surface area contributed by atoms with Gasteiger partial charge in [0.1, 0.15) is 5.25 Å². The first-order valence-electron chi connectivity index (χ1n) is 9.04. The summed E-state index contributed by atoms with van der Waals surface area (Å²) in [5.41, 5.74) is 1.72. The maximum Gasteiger partial charge on any atom is 0.284 e. The van der Waals surface area contributed by atoms with Crippen molar-refractivity contribution in [2.75, 3.05) is 11.9 Å². The van der Waals surface area contributed by atoms with Gasteiger partial charge in [0.15, 0.2) is 5.17 Å². The normalized spacial score (nSPS) is 18.3. The van der Waals surface area contributed by atoms with Crippen molar-refractivity contribution in [1.82, 2.24) is 4.90 Å². The Hall–Kier alpha value is -2.65. The van der Waals surface area contributed by atoms with Crippen LogP contribution in [0.25, 0.3) is 0 Å². The maximum atomic E-state index is 12.7. The van der Waals surface area contributed by atoms with Crippen LogP contribution in [-0.4, -0.2) is 42.1 Å².